The summed E-state index contributed by atoms with van der Waals surface area (Å²) in [6.07, 6.45) is -0.498. The number of hydrogen-bond donors (Lipinski definition) is 1. The average Bonchev–Trinajstić information content (AvgIpc) is 3.03. The molecule has 1 aromatic heterocycles. The number of anilines is 1. The molecule has 0 aliphatic heterocycles. The number of aryl methyl sites for hydroxylation is 1. The highest BCUT2D eigenvalue weighted by Crippen LogP contribution is 2.28. The van der Waals surface area contributed by atoms with Gasteiger partial charge in [0.25, 0.3) is 0 Å². The van der Waals surface area contributed by atoms with Crippen molar-refractivity contribution in [3.63, 3.8) is 0 Å². The normalized spacial score (nSPS) is 10.5. The van der Waals surface area contributed by atoms with Gasteiger partial charge in [-0.3, -0.25) is 5.32 Å². The number of aromatic nitrogens is 1. The van der Waals surface area contributed by atoms with Gasteiger partial charge in [0.05, 0.1) is 24.4 Å². The van der Waals surface area contributed by atoms with Crippen LogP contribution >= 0.6 is 11.3 Å². The Labute approximate surface area is 149 Å². The van der Waals surface area contributed by atoms with Crippen molar-refractivity contribution in [1.82, 2.24) is 4.98 Å². The lowest BCUT2D eigenvalue weighted by Crippen LogP contribution is -2.11. The highest BCUT2D eigenvalue weighted by atomic mass is 32.1. The van der Waals surface area contributed by atoms with E-state index in [1.54, 1.807) is 30.6 Å². The van der Waals surface area contributed by atoms with Gasteiger partial charge in [0.2, 0.25) is 0 Å². The third kappa shape index (κ3) is 4.00. The SMILES string of the molecule is COC(=O)Nc1ccc(OCc2nc3ccc(OC)cc3s2)cc1C. The third-order valence-corrected chi connectivity index (χ3v) is 4.61. The first-order valence-corrected chi connectivity index (χ1v) is 8.42. The molecule has 0 unspecified atom stereocenters. The molecule has 1 amide bonds. The number of thiazole rings is 1. The van der Waals surface area contributed by atoms with E-state index in [0.717, 1.165) is 26.5 Å². The number of nitrogens with zero attached hydrogens (tertiary/aromatic N) is 1. The van der Waals surface area contributed by atoms with Crippen molar-refractivity contribution in [2.75, 3.05) is 19.5 Å². The molecule has 3 rings (SSSR count). The van der Waals surface area contributed by atoms with E-state index in [1.165, 1.54) is 7.11 Å². The van der Waals surface area contributed by atoms with Crippen molar-refractivity contribution >= 4 is 33.3 Å². The molecule has 3 aromatic rings. The largest absolute Gasteiger partial charge is 0.497 e. The van der Waals surface area contributed by atoms with Crippen molar-refractivity contribution in [3.05, 3.63) is 47.0 Å². The summed E-state index contributed by atoms with van der Waals surface area (Å²) in [5.41, 5.74) is 2.50. The summed E-state index contributed by atoms with van der Waals surface area (Å²) < 4.78 is 16.7. The number of carbonyl (C=O) groups excluding carboxylic acids is 1. The maximum Gasteiger partial charge on any atom is 0.411 e. The van der Waals surface area contributed by atoms with Gasteiger partial charge in [-0.15, -0.1) is 11.3 Å². The number of nitrogens with one attached hydrogen (secondary N) is 1. The second-order valence-electron chi connectivity index (χ2n) is 5.32. The van der Waals surface area contributed by atoms with Crippen LogP contribution in [-0.2, 0) is 11.3 Å². The van der Waals surface area contributed by atoms with Crippen LogP contribution in [0.3, 0.4) is 0 Å². The molecule has 0 aliphatic rings. The number of benzene rings is 2. The molecule has 0 saturated heterocycles. The Morgan fingerprint density at radius 2 is 1.96 bits per heavy atom. The van der Waals surface area contributed by atoms with Crippen molar-refractivity contribution in [2.45, 2.75) is 13.5 Å². The first-order chi connectivity index (χ1) is 12.1. The van der Waals surface area contributed by atoms with Crippen molar-refractivity contribution in [2.24, 2.45) is 0 Å². The molecule has 0 spiro atoms. The van der Waals surface area contributed by atoms with E-state index in [9.17, 15) is 4.79 Å². The molecule has 130 valence electrons. The molecule has 2 aromatic carbocycles. The number of hydrogen-bond acceptors (Lipinski definition) is 6. The maximum atomic E-state index is 11.3. The van der Waals surface area contributed by atoms with Crippen molar-refractivity contribution in [3.8, 4) is 11.5 Å². The van der Waals surface area contributed by atoms with Gasteiger partial charge in [-0.25, -0.2) is 9.78 Å². The van der Waals surface area contributed by atoms with Gasteiger partial charge >= 0.3 is 6.09 Å². The van der Waals surface area contributed by atoms with E-state index in [1.807, 2.05) is 31.2 Å². The second-order valence-corrected chi connectivity index (χ2v) is 6.44. The number of amides is 1. The molecule has 7 heteroatoms. The van der Waals surface area contributed by atoms with Gasteiger partial charge in [0.15, 0.2) is 0 Å². The van der Waals surface area contributed by atoms with Crippen LogP contribution in [0.2, 0.25) is 0 Å². The zero-order valence-electron chi connectivity index (χ0n) is 14.2. The fourth-order valence-corrected chi connectivity index (χ4v) is 3.22. The van der Waals surface area contributed by atoms with Gasteiger partial charge in [-0.1, -0.05) is 0 Å². The minimum absolute atomic E-state index is 0.380. The van der Waals surface area contributed by atoms with Crippen molar-refractivity contribution < 1.29 is 19.0 Å². The highest BCUT2D eigenvalue weighted by Gasteiger charge is 2.08. The molecule has 25 heavy (non-hydrogen) atoms. The Morgan fingerprint density at radius 3 is 2.68 bits per heavy atom. The number of methoxy groups -OCH3 is 2. The molecule has 0 fully saturated rings. The number of ether oxygens (including phenoxy) is 3. The van der Waals surface area contributed by atoms with Crippen LogP contribution in [-0.4, -0.2) is 25.3 Å². The molecule has 6 nitrogen and oxygen atoms in total. The fourth-order valence-electron chi connectivity index (χ4n) is 2.31. The van der Waals surface area contributed by atoms with E-state index in [0.29, 0.717) is 18.0 Å². The topological polar surface area (TPSA) is 69.7 Å². The lowest BCUT2D eigenvalue weighted by molar-refractivity contribution is 0.187. The summed E-state index contributed by atoms with van der Waals surface area (Å²) in [5.74, 6) is 1.53. The predicted octanol–water partition coefficient (Wildman–Crippen LogP) is 4.37. The Morgan fingerprint density at radius 1 is 1.16 bits per heavy atom. The summed E-state index contributed by atoms with van der Waals surface area (Å²) >= 11 is 1.58. The van der Waals surface area contributed by atoms with Crippen LogP contribution < -0.4 is 14.8 Å². The fraction of sp³-hybridized carbons (Fsp3) is 0.222. The molecule has 1 N–H and O–H groups in total. The standard InChI is InChI=1S/C18H18N2O4S/c1-11-8-13(5-6-14(11)20-18(21)23-3)24-10-17-19-15-7-4-12(22-2)9-16(15)25-17/h4-9H,10H2,1-3H3,(H,20,21). The van der Waals surface area contributed by atoms with E-state index in [4.69, 9.17) is 9.47 Å². The van der Waals surface area contributed by atoms with Gasteiger partial charge in [-0.05, 0) is 48.9 Å². The summed E-state index contributed by atoms with van der Waals surface area (Å²) in [7, 11) is 2.98. The predicted molar refractivity (Wildman–Crippen MR) is 97.7 cm³/mol. The molecule has 0 aliphatic carbocycles. The first kappa shape index (κ1) is 17.0. The lowest BCUT2D eigenvalue weighted by Gasteiger charge is -2.10. The third-order valence-electron chi connectivity index (χ3n) is 3.62. The Kier molecular flexibility index (Phi) is 5.04. The molecule has 0 bridgehead atoms. The first-order valence-electron chi connectivity index (χ1n) is 7.61. The quantitative estimate of drug-likeness (QED) is 0.733. The molecule has 0 atom stereocenters. The van der Waals surface area contributed by atoms with Crippen LogP contribution in [0.4, 0.5) is 10.5 Å². The minimum Gasteiger partial charge on any atom is -0.497 e. The summed E-state index contributed by atoms with van der Waals surface area (Å²) in [5, 5.41) is 3.54. The number of fused-ring (bicyclic) bond motifs is 1. The van der Waals surface area contributed by atoms with E-state index >= 15 is 0 Å². The van der Waals surface area contributed by atoms with E-state index in [-0.39, 0.29) is 0 Å². The number of rotatable bonds is 5. The maximum absolute atomic E-state index is 11.3. The average molecular weight is 358 g/mol. The van der Waals surface area contributed by atoms with E-state index in [2.05, 4.69) is 15.0 Å². The zero-order valence-corrected chi connectivity index (χ0v) is 15.0. The van der Waals surface area contributed by atoms with Gasteiger partial charge in [0, 0.05) is 5.69 Å². The smallest absolute Gasteiger partial charge is 0.411 e. The zero-order chi connectivity index (χ0) is 17.8. The van der Waals surface area contributed by atoms with Crippen LogP contribution in [0.5, 0.6) is 11.5 Å². The van der Waals surface area contributed by atoms with E-state index < -0.39 is 6.09 Å². The molecular formula is C18H18N2O4S. The second kappa shape index (κ2) is 7.40. The summed E-state index contributed by atoms with van der Waals surface area (Å²) in [6, 6.07) is 11.2. The molecule has 0 radical (unpaired) electrons. The van der Waals surface area contributed by atoms with Gasteiger partial charge < -0.3 is 14.2 Å². The summed E-state index contributed by atoms with van der Waals surface area (Å²) in [6.45, 7) is 2.27. The minimum atomic E-state index is -0.498. The molecule has 0 saturated carbocycles. The monoisotopic (exact) mass is 358 g/mol. The van der Waals surface area contributed by atoms with Crippen LogP contribution in [0.1, 0.15) is 10.6 Å². The molecule has 1 heterocycles. The van der Waals surface area contributed by atoms with Crippen LogP contribution in [0.15, 0.2) is 36.4 Å². The molecular weight excluding hydrogens is 340 g/mol. The highest BCUT2D eigenvalue weighted by molar-refractivity contribution is 7.18. The lowest BCUT2D eigenvalue weighted by atomic mass is 10.2. The van der Waals surface area contributed by atoms with Gasteiger partial charge in [-0.2, -0.15) is 0 Å². The Balaban J connectivity index is 1.69. The van der Waals surface area contributed by atoms with Gasteiger partial charge in [0.1, 0.15) is 23.1 Å². The summed E-state index contributed by atoms with van der Waals surface area (Å²) in [4.78, 5) is 15.8. The Bertz CT molecular complexity index is 907. The van der Waals surface area contributed by atoms with Crippen LogP contribution in [0, 0.1) is 6.92 Å². The Hall–Kier alpha value is -2.80. The van der Waals surface area contributed by atoms with Crippen LogP contribution in [0.25, 0.3) is 10.2 Å². The van der Waals surface area contributed by atoms with Crippen molar-refractivity contribution in [1.29, 1.82) is 0 Å². The number of carbonyl (C=O) groups is 1.